The summed E-state index contributed by atoms with van der Waals surface area (Å²) in [5, 5.41) is 5.71. The molecule has 0 bridgehead atoms. The maximum absolute atomic E-state index is 12.0. The number of hydrogen-bond donors (Lipinski definition) is 2. The van der Waals surface area contributed by atoms with Gasteiger partial charge in [-0.25, -0.2) is 4.79 Å². The SMILES string of the molecule is CC(C)CCN1C(=O)NC(=O)C12CCNCC2. The maximum atomic E-state index is 12.0. The molecule has 5 nitrogen and oxygen atoms in total. The molecular formula is C12H21N3O2. The van der Waals surface area contributed by atoms with Gasteiger partial charge in [0.25, 0.3) is 5.91 Å². The minimum absolute atomic E-state index is 0.104. The quantitative estimate of drug-likeness (QED) is 0.713. The fraction of sp³-hybridized carbons (Fsp3) is 0.833. The monoisotopic (exact) mass is 239 g/mol. The van der Waals surface area contributed by atoms with Gasteiger partial charge in [0, 0.05) is 6.54 Å². The van der Waals surface area contributed by atoms with Crippen molar-refractivity contribution in [1.29, 1.82) is 0 Å². The van der Waals surface area contributed by atoms with Gasteiger partial charge in [-0.05, 0) is 38.3 Å². The summed E-state index contributed by atoms with van der Waals surface area (Å²) in [5.41, 5.74) is -0.572. The van der Waals surface area contributed by atoms with Crippen molar-refractivity contribution < 1.29 is 9.59 Å². The predicted octanol–water partition coefficient (Wildman–Crippen LogP) is 0.706. The predicted molar refractivity (Wildman–Crippen MR) is 64.5 cm³/mol. The molecule has 1 spiro atoms. The molecule has 2 aliphatic heterocycles. The Balaban J connectivity index is 2.14. The van der Waals surface area contributed by atoms with Gasteiger partial charge in [0.2, 0.25) is 0 Å². The van der Waals surface area contributed by atoms with E-state index in [0.29, 0.717) is 12.5 Å². The molecule has 2 N–H and O–H groups in total. The van der Waals surface area contributed by atoms with Gasteiger partial charge in [-0.3, -0.25) is 10.1 Å². The molecule has 17 heavy (non-hydrogen) atoms. The van der Waals surface area contributed by atoms with Crippen molar-refractivity contribution in [3.8, 4) is 0 Å². The smallest absolute Gasteiger partial charge is 0.317 e. The van der Waals surface area contributed by atoms with E-state index in [9.17, 15) is 9.59 Å². The summed E-state index contributed by atoms with van der Waals surface area (Å²) in [6, 6.07) is -0.211. The van der Waals surface area contributed by atoms with Gasteiger partial charge in [0.15, 0.2) is 0 Å². The van der Waals surface area contributed by atoms with Gasteiger partial charge in [0.05, 0.1) is 0 Å². The molecule has 0 aliphatic carbocycles. The molecule has 2 saturated heterocycles. The number of amides is 3. The van der Waals surface area contributed by atoms with Crippen LogP contribution in [0.3, 0.4) is 0 Å². The maximum Gasteiger partial charge on any atom is 0.325 e. The third-order valence-corrected chi connectivity index (χ3v) is 3.77. The number of rotatable bonds is 3. The van der Waals surface area contributed by atoms with E-state index in [1.165, 1.54) is 0 Å². The van der Waals surface area contributed by atoms with Crippen LogP contribution in [0.25, 0.3) is 0 Å². The Kier molecular flexibility index (Phi) is 3.38. The summed E-state index contributed by atoms with van der Waals surface area (Å²) in [4.78, 5) is 25.6. The first-order chi connectivity index (χ1) is 8.06. The Morgan fingerprint density at radius 3 is 2.53 bits per heavy atom. The van der Waals surface area contributed by atoms with Crippen molar-refractivity contribution in [3.63, 3.8) is 0 Å². The number of carbonyl (C=O) groups is 2. The topological polar surface area (TPSA) is 61.4 Å². The van der Waals surface area contributed by atoms with E-state index < -0.39 is 5.54 Å². The molecular weight excluding hydrogens is 218 g/mol. The first-order valence-corrected chi connectivity index (χ1v) is 6.40. The van der Waals surface area contributed by atoms with Crippen LogP contribution in [0.5, 0.6) is 0 Å². The number of urea groups is 1. The average molecular weight is 239 g/mol. The summed E-state index contributed by atoms with van der Waals surface area (Å²) < 4.78 is 0. The summed E-state index contributed by atoms with van der Waals surface area (Å²) in [6.07, 6.45) is 2.39. The lowest BCUT2D eigenvalue weighted by atomic mass is 9.86. The lowest BCUT2D eigenvalue weighted by molar-refractivity contribution is -0.128. The van der Waals surface area contributed by atoms with Crippen LogP contribution < -0.4 is 10.6 Å². The highest BCUT2D eigenvalue weighted by molar-refractivity contribution is 6.07. The summed E-state index contributed by atoms with van der Waals surface area (Å²) in [7, 11) is 0. The molecule has 0 unspecified atom stereocenters. The molecule has 96 valence electrons. The zero-order valence-electron chi connectivity index (χ0n) is 10.6. The Hall–Kier alpha value is -1.10. The van der Waals surface area contributed by atoms with Crippen molar-refractivity contribution >= 4 is 11.9 Å². The molecule has 2 fully saturated rings. The van der Waals surface area contributed by atoms with Crippen LogP contribution in [0.15, 0.2) is 0 Å². The van der Waals surface area contributed by atoms with Gasteiger partial charge in [-0.2, -0.15) is 0 Å². The van der Waals surface area contributed by atoms with E-state index in [-0.39, 0.29) is 11.9 Å². The first-order valence-electron chi connectivity index (χ1n) is 6.40. The molecule has 0 aromatic rings. The zero-order chi connectivity index (χ0) is 12.5. The van der Waals surface area contributed by atoms with E-state index in [4.69, 9.17) is 0 Å². The molecule has 5 heteroatoms. The summed E-state index contributed by atoms with van der Waals surface area (Å²) >= 11 is 0. The third-order valence-electron chi connectivity index (χ3n) is 3.77. The van der Waals surface area contributed by atoms with Crippen LogP contribution in [0.2, 0.25) is 0 Å². The van der Waals surface area contributed by atoms with Crippen molar-refractivity contribution in [3.05, 3.63) is 0 Å². The molecule has 0 aromatic heterocycles. The Labute approximate surface area is 102 Å². The van der Waals surface area contributed by atoms with E-state index in [2.05, 4.69) is 24.5 Å². The number of nitrogens with zero attached hydrogens (tertiary/aromatic N) is 1. The lowest BCUT2D eigenvalue weighted by Gasteiger charge is -2.38. The minimum Gasteiger partial charge on any atom is -0.317 e. The molecule has 2 heterocycles. The van der Waals surface area contributed by atoms with Crippen molar-refractivity contribution in [2.24, 2.45) is 5.92 Å². The number of piperidine rings is 1. The van der Waals surface area contributed by atoms with Crippen molar-refractivity contribution in [2.75, 3.05) is 19.6 Å². The third kappa shape index (κ3) is 2.16. The van der Waals surface area contributed by atoms with Gasteiger partial charge in [-0.15, -0.1) is 0 Å². The van der Waals surface area contributed by atoms with E-state index in [1.807, 2.05) is 0 Å². The Bertz CT molecular complexity index is 322. The standard InChI is InChI=1S/C12H21N3O2/c1-9(2)3-8-15-11(17)14-10(16)12(15)4-6-13-7-5-12/h9,13H,3-8H2,1-2H3,(H,14,16,17). The fourth-order valence-corrected chi connectivity index (χ4v) is 2.64. The molecule has 2 rings (SSSR count). The Morgan fingerprint density at radius 2 is 1.94 bits per heavy atom. The van der Waals surface area contributed by atoms with Gasteiger partial charge in [0.1, 0.15) is 5.54 Å². The second kappa shape index (κ2) is 4.64. The molecule has 0 saturated carbocycles. The summed E-state index contributed by atoms with van der Waals surface area (Å²) in [5.74, 6) is 0.435. The van der Waals surface area contributed by atoms with E-state index in [0.717, 1.165) is 32.4 Å². The van der Waals surface area contributed by atoms with E-state index >= 15 is 0 Å². The molecule has 0 atom stereocenters. The highest BCUT2D eigenvalue weighted by Gasteiger charge is 2.52. The second-order valence-corrected chi connectivity index (χ2v) is 5.38. The minimum atomic E-state index is -0.572. The first kappa shape index (κ1) is 12.4. The van der Waals surface area contributed by atoms with E-state index in [1.54, 1.807) is 4.90 Å². The lowest BCUT2D eigenvalue weighted by Crippen LogP contribution is -2.56. The number of hydrogen-bond acceptors (Lipinski definition) is 3. The van der Waals surface area contributed by atoms with Crippen LogP contribution in [0.4, 0.5) is 4.79 Å². The number of carbonyl (C=O) groups excluding carboxylic acids is 2. The number of imide groups is 1. The van der Waals surface area contributed by atoms with Crippen LogP contribution in [-0.4, -0.2) is 42.0 Å². The van der Waals surface area contributed by atoms with Crippen LogP contribution in [0, 0.1) is 5.92 Å². The van der Waals surface area contributed by atoms with Crippen LogP contribution in [0.1, 0.15) is 33.1 Å². The van der Waals surface area contributed by atoms with Gasteiger partial charge in [-0.1, -0.05) is 13.8 Å². The zero-order valence-corrected chi connectivity index (χ0v) is 10.6. The summed E-state index contributed by atoms with van der Waals surface area (Å²) in [6.45, 7) is 6.54. The Morgan fingerprint density at radius 1 is 1.29 bits per heavy atom. The highest BCUT2D eigenvalue weighted by Crippen LogP contribution is 2.31. The van der Waals surface area contributed by atoms with Crippen molar-refractivity contribution in [2.45, 2.75) is 38.6 Å². The highest BCUT2D eigenvalue weighted by atomic mass is 16.2. The largest absolute Gasteiger partial charge is 0.325 e. The molecule has 2 aliphatic rings. The van der Waals surface area contributed by atoms with Gasteiger partial charge < -0.3 is 10.2 Å². The molecule has 0 aromatic carbocycles. The fourth-order valence-electron chi connectivity index (χ4n) is 2.64. The van der Waals surface area contributed by atoms with Crippen LogP contribution in [-0.2, 0) is 4.79 Å². The van der Waals surface area contributed by atoms with Crippen molar-refractivity contribution in [1.82, 2.24) is 15.5 Å². The molecule has 3 amide bonds. The second-order valence-electron chi connectivity index (χ2n) is 5.38. The van der Waals surface area contributed by atoms with Gasteiger partial charge >= 0.3 is 6.03 Å². The molecule has 0 radical (unpaired) electrons. The van der Waals surface area contributed by atoms with Crippen LogP contribution >= 0.6 is 0 Å². The average Bonchev–Trinajstić information content (AvgIpc) is 2.50. The number of nitrogens with one attached hydrogen (secondary N) is 2. The normalized spacial score (nSPS) is 23.6.